The van der Waals surface area contributed by atoms with Crippen LogP contribution in [0.1, 0.15) is 25.0 Å². The largest absolute Gasteiger partial charge is 0.360 e. The lowest BCUT2D eigenvalue weighted by molar-refractivity contribution is -0.127. The van der Waals surface area contributed by atoms with Gasteiger partial charge in [-0.15, -0.1) is 0 Å². The van der Waals surface area contributed by atoms with Crippen molar-refractivity contribution in [3.05, 3.63) is 24.0 Å². The molecule has 1 aromatic heterocycles. The van der Waals surface area contributed by atoms with Crippen molar-refractivity contribution >= 4 is 12.1 Å². The predicted octanol–water partition coefficient (Wildman–Crippen LogP) is 1.45. The molecule has 4 nitrogen and oxygen atoms in total. The molecule has 0 saturated carbocycles. The highest BCUT2D eigenvalue weighted by atomic mass is 16.2. The molecule has 0 unspecified atom stereocenters. The Labute approximate surface area is 95.4 Å². The Bertz CT molecular complexity index is 356. The number of aromatic amines is 1. The number of nitrogens with zero attached hydrogens (tertiary/aromatic N) is 2. The van der Waals surface area contributed by atoms with Gasteiger partial charge in [0.25, 0.3) is 0 Å². The first-order valence-corrected chi connectivity index (χ1v) is 5.77. The second-order valence-corrected chi connectivity index (χ2v) is 4.00. The maximum absolute atomic E-state index is 11.3. The first kappa shape index (κ1) is 10.9. The minimum absolute atomic E-state index is 0.299. The summed E-state index contributed by atoms with van der Waals surface area (Å²) in [5, 5.41) is 0. The molecular formula is C12H17N3O. The molecular weight excluding hydrogens is 202 g/mol. The van der Waals surface area contributed by atoms with Gasteiger partial charge in [0.15, 0.2) is 0 Å². The van der Waals surface area contributed by atoms with E-state index < -0.39 is 0 Å². The number of hydrogen-bond donors (Lipinski definition) is 1. The van der Waals surface area contributed by atoms with E-state index in [-0.39, 0.29) is 0 Å². The lowest BCUT2D eigenvalue weighted by Crippen LogP contribution is -2.26. The Balaban J connectivity index is 1.63. The molecule has 4 heteroatoms. The zero-order valence-electron chi connectivity index (χ0n) is 9.35. The zero-order chi connectivity index (χ0) is 11.2. The number of rotatable bonds is 5. The highest BCUT2D eigenvalue weighted by Crippen LogP contribution is 2.09. The molecule has 0 aromatic carbocycles. The van der Waals surface area contributed by atoms with Gasteiger partial charge in [-0.1, -0.05) is 0 Å². The molecule has 86 valence electrons. The molecule has 2 rings (SSSR count). The lowest BCUT2D eigenvalue weighted by Gasteiger charge is -2.13. The highest BCUT2D eigenvalue weighted by Gasteiger charge is 2.18. The Hall–Kier alpha value is -1.58. The molecule has 0 bridgehead atoms. The molecule has 2 heterocycles. The fourth-order valence-electron chi connectivity index (χ4n) is 1.88. The fraction of sp³-hybridized carbons (Fsp3) is 0.500. The standard InChI is InChI=1S/C12H17N3O/c16-12-5-2-8-15(12)9-3-6-13-10-11-4-1-7-14-11/h1,4,7,10,14H,2-3,5-6,8-9H2. The van der Waals surface area contributed by atoms with E-state index in [2.05, 4.69) is 9.98 Å². The van der Waals surface area contributed by atoms with E-state index in [0.717, 1.165) is 44.6 Å². The minimum Gasteiger partial charge on any atom is -0.360 e. The number of aromatic nitrogens is 1. The predicted molar refractivity (Wildman–Crippen MR) is 63.7 cm³/mol. The van der Waals surface area contributed by atoms with Crippen molar-refractivity contribution in [2.24, 2.45) is 4.99 Å². The van der Waals surface area contributed by atoms with Crippen LogP contribution < -0.4 is 0 Å². The summed E-state index contributed by atoms with van der Waals surface area (Å²) in [4.78, 5) is 20.6. The van der Waals surface area contributed by atoms with E-state index in [9.17, 15) is 4.79 Å². The number of likely N-dealkylation sites (tertiary alicyclic amines) is 1. The summed E-state index contributed by atoms with van der Waals surface area (Å²) in [6.45, 7) is 2.56. The van der Waals surface area contributed by atoms with Crippen LogP contribution in [0.15, 0.2) is 23.3 Å². The van der Waals surface area contributed by atoms with Crippen molar-refractivity contribution in [3.63, 3.8) is 0 Å². The van der Waals surface area contributed by atoms with Gasteiger partial charge in [-0.3, -0.25) is 9.79 Å². The third-order valence-electron chi connectivity index (χ3n) is 2.74. The number of H-pyrrole nitrogens is 1. The Morgan fingerprint density at radius 2 is 2.50 bits per heavy atom. The molecule has 0 radical (unpaired) electrons. The summed E-state index contributed by atoms with van der Waals surface area (Å²) in [6, 6.07) is 3.93. The van der Waals surface area contributed by atoms with Gasteiger partial charge >= 0.3 is 0 Å². The van der Waals surface area contributed by atoms with E-state index in [0.29, 0.717) is 5.91 Å². The second-order valence-electron chi connectivity index (χ2n) is 4.00. The summed E-state index contributed by atoms with van der Waals surface area (Å²) in [5.74, 6) is 0.299. The average Bonchev–Trinajstić information content (AvgIpc) is 2.90. The highest BCUT2D eigenvalue weighted by molar-refractivity contribution is 5.78. The third-order valence-corrected chi connectivity index (χ3v) is 2.74. The SMILES string of the molecule is O=C1CCCN1CCCN=Cc1ccc[nH]1. The van der Waals surface area contributed by atoms with Gasteiger partial charge in [0.2, 0.25) is 5.91 Å². The fourth-order valence-corrected chi connectivity index (χ4v) is 1.88. The molecule has 16 heavy (non-hydrogen) atoms. The Morgan fingerprint density at radius 1 is 1.56 bits per heavy atom. The summed E-state index contributed by atoms with van der Waals surface area (Å²) in [6.07, 6.45) is 6.41. The van der Waals surface area contributed by atoms with Gasteiger partial charge in [-0.05, 0) is 25.0 Å². The van der Waals surface area contributed by atoms with Gasteiger partial charge in [0.1, 0.15) is 0 Å². The van der Waals surface area contributed by atoms with Gasteiger partial charge < -0.3 is 9.88 Å². The van der Waals surface area contributed by atoms with E-state index in [1.165, 1.54) is 0 Å². The van der Waals surface area contributed by atoms with Crippen LogP contribution in [0, 0.1) is 0 Å². The quantitative estimate of drug-likeness (QED) is 0.591. The number of carbonyl (C=O) groups excluding carboxylic acids is 1. The molecule has 0 atom stereocenters. The molecule has 1 aromatic rings. The van der Waals surface area contributed by atoms with E-state index >= 15 is 0 Å². The summed E-state index contributed by atoms with van der Waals surface area (Å²) >= 11 is 0. The minimum atomic E-state index is 0.299. The molecule has 1 fully saturated rings. The second kappa shape index (κ2) is 5.49. The van der Waals surface area contributed by atoms with Crippen LogP contribution in [0.2, 0.25) is 0 Å². The molecule has 1 aliphatic rings. The van der Waals surface area contributed by atoms with E-state index in [1.807, 2.05) is 29.4 Å². The normalized spacial score (nSPS) is 16.5. The summed E-state index contributed by atoms with van der Waals surface area (Å²) in [5.41, 5.74) is 1.03. The first-order chi connectivity index (χ1) is 7.86. The Morgan fingerprint density at radius 3 is 3.19 bits per heavy atom. The van der Waals surface area contributed by atoms with Gasteiger partial charge in [-0.25, -0.2) is 0 Å². The summed E-state index contributed by atoms with van der Waals surface area (Å²) in [7, 11) is 0. The molecule has 0 aliphatic carbocycles. The van der Waals surface area contributed by atoms with Crippen LogP contribution in [0.4, 0.5) is 0 Å². The molecule has 1 aliphatic heterocycles. The van der Waals surface area contributed by atoms with Crippen molar-refractivity contribution in [3.8, 4) is 0 Å². The maximum Gasteiger partial charge on any atom is 0.222 e. The number of hydrogen-bond acceptors (Lipinski definition) is 2. The zero-order valence-corrected chi connectivity index (χ0v) is 9.35. The van der Waals surface area contributed by atoms with Gasteiger partial charge in [0, 0.05) is 38.5 Å². The van der Waals surface area contributed by atoms with Crippen LogP contribution in [-0.4, -0.2) is 41.6 Å². The lowest BCUT2D eigenvalue weighted by atomic mass is 10.4. The van der Waals surface area contributed by atoms with Crippen LogP contribution in [0.25, 0.3) is 0 Å². The molecule has 1 saturated heterocycles. The number of aliphatic imine (C=N–C) groups is 1. The van der Waals surface area contributed by atoms with Gasteiger partial charge in [-0.2, -0.15) is 0 Å². The smallest absolute Gasteiger partial charge is 0.222 e. The summed E-state index contributed by atoms with van der Waals surface area (Å²) < 4.78 is 0. The van der Waals surface area contributed by atoms with E-state index in [1.54, 1.807) is 0 Å². The average molecular weight is 219 g/mol. The Kier molecular flexibility index (Phi) is 3.75. The number of nitrogens with one attached hydrogen (secondary N) is 1. The van der Waals surface area contributed by atoms with E-state index in [4.69, 9.17) is 0 Å². The molecule has 0 spiro atoms. The third kappa shape index (κ3) is 2.95. The van der Waals surface area contributed by atoms with Crippen LogP contribution >= 0.6 is 0 Å². The number of amides is 1. The van der Waals surface area contributed by atoms with Crippen molar-refractivity contribution in [2.75, 3.05) is 19.6 Å². The van der Waals surface area contributed by atoms with Crippen LogP contribution in [-0.2, 0) is 4.79 Å². The van der Waals surface area contributed by atoms with Crippen molar-refractivity contribution in [2.45, 2.75) is 19.3 Å². The molecule has 1 N–H and O–H groups in total. The van der Waals surface area contributed by atoms with Crippen LogP contribution in [0.5, 0.6) is 0 Å². The van der Waals surface area contributed by atoms with Crippen molar-refractivity contribution in [1.82, 2.24) is 9.88 Å². The van der Waals surface area contributed by atoms with Gasteiger partial charge in [0.05, 0.1) is 5.69 Å². The maximum atomic E-state index is 11.3. The number of carbonyl (C=O) groups is 1. The van der Waals surface area contributed by atoms with Crippen molar-refractivity contribution < 1.29 is 4.79 Å². The first-order valence-electron chi connectivity index (χ1n) is 5.77. The monoisotopic (exact) mass is 219 g/mol. The van der Waals surface area contributed by atoms with Crippen molar-refractivity contribution in [1.29, 1.82) is 0 Å². The molecule has 1 amide bonds. The topological polar surface area (TPSA) is 48.5 Å². The van der Waals surface area contributed by atoms with Crippen LogP contribution in [0.3, 0.4) is 0 Å².